The summed E-state index contributed by atoms with van der Waals surface area (Å²) in [4.78, 5) is 0. The maximum Gasteiger partial charge on any atom is 0.0992 e. The van der Waals surface area contributed by atoms with Crippen molar-refractivity contribution in [1.29, 1.82) is 5.26 Å². The molecule has 0 fully saturated rings. The minimum atomic E-state index is -0.0810. The zero-order valence-corrected chi connectivity index (χ0v) is 27.5. The van der Waals surface area contributed by atoms with Crippen LogP contribution in [0.25, 0.3) is 72.4 Å². The first-order valence-electron chi connectivity index (χ1n) is 17.1. The number of benzene rings is 6. The lowest BCUT2D eigenvalue weighted by molar-refractivity contribution is 0.661. The molecule has 0 N–H and O–H groups in total. The molecular formula is C46H33N3. The summed E-state index contributed by atoms with van der Waals surface area (Å²) in [6, 6.07) is 48.5. The number of hydrogen-bond donors (Lipinski definition) is 0. The first-order valence-corrected chi connectivity index (χ1v) is 17.1. The standard InChI is InChI=1S/C46H33N3/c1-46(2)38-18-7-3-16-36(38)44-39(46)22-23-43-45(44)37-17-6-10-21-42(37)49(43)33-25-29(28-47)24-31(27-33)30-12-11-13-32(26-30)48-40-19-8-4-14-34(40)35-15-5-9-20-41(35)48/h3-4,6-14,16-27H,5,15H2,1-2H3. The molecule has 3 nitrogen and oxygen atoms in total. The number of allylic oxidation sites excluding steroid dienone is 1. The Kier molecular flexibility index (Phi) is 5.82. The predicted molar refractivity (Wildman–Crippen MR) is 203 cm³/mol. The zero-order chi connectivity index (χ0) is 32.9. The minimum absolute atomic E-state index is 0.0810. The van der Waals surface area contributed by atoms with Crippen molar-refractivity contribution in [2.45, 2.75) is 32.1 Å². The first-order chi connectivity index (χ1) is 24.0. The van der Waals surface area contributed by atoms with Gasteiger partial charge >= 0.3 is 0 Å². The van der Waals surface area contributed by atoms with E-state index in [1.807, 2.05) is 12.1 Å². The summed E-state index contributed by atoms with van der Waals surface area (Å²) in [5, 5.41) is 14.2. The van der Waals surface area contributed by atoms with Crippen LogP contribution in [0.2, 0.25) is 0 Å². The molecular weight excluding hydrogens is 595 g/mol. The van der Waals surface area contributed by atoms with Gasteiger partial charge in [-0.2, -0.15) is 5.26 Å². The highest BCUT2D eigenvalue weighted by Crippen LogP contribution is 2.53. The molecule has 232 valence electrons. The topological polar surface area (TPSA) is 33.6 Å². The van der Waals surface area contributed by atoms with E-state index in [2.05, 4.69) is 156 Å². The van der Waals surface area contributed by atoms with E-state index < -0.39 is 0 Å². The van der Waals surface area contributed by atoms with Crippen LogP contribution in [0.1, 0.15) is 48.2 Å². The molecule has 0 saturated heterocycles. The van der Waals surface area contributed by atoms with Crippen LogP contribution in [0.4, 0.5) is 0 Å². The second-order valence-electron chi connectivity index (χ2n) is 14.0. The molecule has 10 rings (SSSR count). The molecule has 49 heavy (non-hydrogen) atoms. The van der Waals surface area contributed by atoms with Crippen molar-refractivity contribution >= 4 is 38.8 Å². The number of hydrogen-bond acceptors (Lipinski definition) is 1. The van der Waals surface area contributed by atoms with Crippen molar-refractivity contribution in [2.24, 2.45) is 0 Å². The van der Waals surface area contributed by atoms with E-state index in [0.29, 0.717) is 5.56 Å². The summed E-state index contributed by atoms with van der Waals surface area (Å²) in [6.07, 6.45) is 6.68. The second-order valence-corrected chi connectivity index (χ2v) is 14.0. The van der Waals surface area contributed by atoms with Gasteiger partial charge in [-0.25, -0.2) is 0 Å². The van der Waals surface area contributed by atoms with E-state index in [9.17, 15) is 5.26 Å². The van der Waals surface area contributed by atoms with Crippen molar-refractivity contribution < 1.29 is 0 Å². The number of rotatable bonds is 3. The Morgan fingerprint density at radius 3 is 2.24 bits per heavy atom. The Bertz CT molecular complexity index is 2760. The van der Waals surface area contributed by atoms with Crippen molar-refractivity contribution in [3.8, 4) is 39.7 Å². The Morgan fingerprint density at radius 1 is 0.633 bits per heavy atom. The van der Waals surface area contributed by atoms with Crippen LogP contribution < -0.4 is 0 Å². The molecule has 0 bridgehead atoms. The van der Waals surface area contributed by atoms with E-state index in [-0.39, 0.29) is 5.41 Å². The molecule has 0 unspecified atom stereocenters. The average Bonchev–Trinajstić information content (AvgIpc) is 3.75. The van der Waals surface area contributed by atoms with E-state index in [1.54, 1.807) is 0 Å². The fourth-order valence-corrected chi connectivity index (χ4v) is 8.79. The van der Waals surface area contributed by atoms with E-state index in [4.69, 9.17) is 0 Å². The SMILES string of the molecule is CC1(C)c2ccccc2-c2c1ccc1c2c2ccccc2n1-c1cc(C#N)cc(-c2cccc(-n3c4c(c5ccccc53)CCC=C4)c2)c1. The third kappa shape index (κ3) is 3.89. The number of nitriles is 1. The third-order valence-corrected chi connectivity index (χ3v) is 11.0. The Labute approximate surface area is 285 Å². The summed E-state index contributed by atoms with van der Waals surface area (Å²) >= 11 is 0. The lowest BCUT2D eigenvalue weighted by Crippen LogP contribution is -2.14. The second kappa shape index (κ2) is 10.2. The van der Waals surface area contributed by atoms with Crippen LogP contribution in [0, 0.1) is 11.3 Å². The zero-order valence-electron chi connectivity index (χ0n) is 27.5. The molecule has 0 amide bonds. The average molecular weight is 628 g/mol. The summed E-state index contributed by atoms with van der Waals surface area (Å²) < 4.78 is 4.75. The van der Waals surface area contributed by atoms with Crippen LogP contribution >= 0.6 is 0 Å². The van der Waals surface area contributed by atoms with E-state index in [0.717, 1.165) is 46.4 Å². The van der Waals surface area contributed by atoms with Gasteiger partial charge in [-0.3, -0.25) is 0 Å². The van der Waals surface area contributed by atoms with Crippen LogP contribution in [0.3, 0.4) is 0 Å². The van der Waals surface area contributed by atoms with Gasteiger partial charge < -0.3 is 9.13 Å². The maximum absolute atomic E-state index is 10.3. The number of nitrogens with zero attached hydrogens (tertiary/aromatic N) is 3. The summed E-state index contributed by atoms with van der Waals surface area (Å²) in [6.45, 7) is 4.67. The lowest BCUT2D eigenvalue weighted by atomic mass is 9.82. The number of aryl methyl sites for hydroxylation is 1. The maximum atomic E-state index is 10.3. The number of fused-ring (bicyclic) bond motifs is 10. The summed E-state index contributed by atoms with van der Waals surface area (Å²) in [7, 11) is 0. The van der Waals surface area contributed by atoms with Gasteiger partial charge in [0.15, 0.2) is 0 Å². The minimum Gasteiger partial charge on any atom is -0.310 e. The van der Waals surface area contributed by atoms with Crippen molar-refractivity contribution in [2.75, 3.05) is 0 Å². The Balaban J connectivity index is 1.20. The molecule has 2 heterocycles. The van der Waals surface area contributed by atoms with Gasteiger partial charge in [0.1, 0.15) is 0 Å². The number of para-hydroxylation sites is 2. The highest BCUT2D eigenvalue weighted by molar-refractivity contribution is 6.18. The molecule has 6 aromatic carbocycles. The highest BCUT2D eigenvalue weighted by Gasteiger charge is 2.37. The van der Waals surface area contributed by atoms with Crippen LogP contribution in [0.15, 0.2) is 133 Å². The molecule has 2 aliphatic carbocycles. The van der Waals surface area contributed by atoms with Crippen LogP contribution in [-0.4, -0.2) is 9.13 Å². The van der Waals surface area contributed by atoms with Gasteiger partial charge in [-0.15, -0.1) is 0 Å². The summed E-state index contributed by atoms with van der Waals surface area (Å²) in [5.41, 5.74) is 16.4. The molecule has 0 atom stereocenters. The van der Waals surface area contributed by atoms with Crippen molar-refractivity contribution in [3.63, 3.8) is 0 Å². The quantitative estimate of drug-likeness (QED) is 0.192. The van der Waals surface area contributed by atoms with Gasteiger partial charge in [0.05, 0.1) is 28.2 Å². The van der Waals surface area contributed by atoms with Gasteiger partial charge in [-0.05, 0) is 106 Å². The van der Waals surface area contributed by atoms with Crippen LogP contribution in [0.5, 0.6) is 0 Å². The number of aromatic nitrogens is 2. The molecule has 3 heteroatoms. The fourth-order valence-electron chi connectivity index (χ4n) is 8.79. The van der Waals surface area contributed by atoms with E-state index >= 15 is 0 Å². The van der Waals surface area contributed by atoms with Gasteiger partial charge in [0, 0.05) is 38.6 Å². The third-order valence-electron chi connectivity index (χ3n) is 11.0. The predicted octanol–water partition coefficient (Wildman–Crippen LogP) is 11.5. The molecule has 0 aliphatic heterocycles. The highest BCUT2D eigenvalue weighted by atomic mass is 15.0. The van der Waals surface area contributed by atoms with Gasteiger partial charge in [0.2, 0.25) is 0 Å². The van der Waals surface area contributed by atoms with Gasteiger partial charge in [0.25, 0.3) is 0 Å². The van der Waals surface area contributed by atoms with E-state index in [1.165, 1.54) is 55.2 Å². The smallest absolute Gasteiger partial charge is 0.0992 e. The van der Waals surface area contributed by atoms with Gasteiger partial charge in [-0.1, -0.05) is 98.8 Å². The molecule has 0 radical (unpaired) electrons. The fraction of sp³-hybridized carbons (Fsp3) is 0.109. The Morgan fingerprint density at radius 2 is 1.39 bits per heavy atom. The largest absolute Gasteiger partial charge is 0.310 e. The molecule has 2 aliphatic rings. The molecule has 0 spiro atoms. The monoisotopic (exact) mass is 627 g/mol. The van der Waals surface area contributed by atoms with Crippen LogP contribution in [-0.2, 0) is 11.8 Å². The first kappa shape index (κ1) is 28.0. The normalized spacial score (nSPS) is 14.2. The molecule has 0 saturated carbocycles. The van der Waals surface area contributed by atoms with Crippen molar-refractivity contribution in [3.05, 3.63) is 161 Å². The molecule has 8 aromatic rings. The summed E-state index contributed by atoms with van der Waals surface area (Å²) in [5.74, 6) is 0. The Hall–Kier alpha value is -6.11. The lowest BCUT2D eigenvalue weighted by Gasteiger charge is -2.21. The molecule has 2 aromatic heterocycles. The van der Waals surface area contributed by atoms with Crippen molar-refractivity contribution in [1.82, 2.24) is 9.13 Å².